The Bertz CT molecular complexity index is 903. The molecule has 0 N–H and O–H groups in total. The summed E-state index contributed by atoms with van der Waals surface area (Å²) in [5.74, 6) is 0.821. The van der Waals surface area contributed by atoms with Crippen LogP contribution in [0.2, 0.25) is 0 Å². The first-order valence-corrected chi connectivity index (χ1v) is 7.86. The molecule has 1 atom stereocenters. The van der Waals surface area contributed by atoms with Crippen molar-refractivity contribution in [2.24, 2.45) is 0 Å². The van der Waals surface area contributed by atoms with E-state index in [1.807, 2.05) is 54.6 Å². The van der Waals surface area contributed by atoms with E-state index < -0.39 is 5.41 Å². The number of allylic oxidation sites excluding steroid dienone is 4. The third kappa shape index (κ3) is 2.05. The molecule has 4 rings (SSSR count). The molecule has 2 aromatic carbocycles. The SMILES string of the molecule is COc1ccc(C2=CC(=O)C=CC23CC(=O)c2ccccc23)cc1. The summed E-state index contributed by atoms with van der Waals surface area (Å²) in [5.41, 5.74) is 2.96. The number of rotatable bonds is 2. The van der Waals surface area contributed by atoms with Crippen LogP contribution in [-0.2, 0) is 10.2 Å². The highest BCUT2D eigenvalue weighted by Crippen LogP contribution is 2.50. The molecule has 0 amide bonds. The quantitative estimate of drug-likeness (QED) is 0.847. The van der Waals surface area contributed by atoms with Crippen LogP contribution in [0.5, 0.6) is 5.75 Å². The van der Waals surface area contributed by atoms with Gasteiger partial charge in [-0.25, -0.2) is 0 Å². The molecule has 2 aromatic rings. The molecule has 2 aliphatic rings. The lowest BCUT2D eigenvalue weighted by molar-refractivity contribution is -0.110. The van der Waals surface area contributed by atoms with Gasteiger partial charge in [0, 0.05) is 17.4 Å². The van der Waals surface area contributed by atoms with Crippen molar-refractivity contribution in [3.8, 4) is 5.75 Å². The fourth-order valence-corrected chi connectivity index (χ4v) is 3.69. The van der Waals surface area contributed by atoms with Crippen LogP contribution in [0, 0.1) is 0 Å². The minimum Gasteiger partial charge on any atom is -0.497 e. The lowest BCUT2D eigenvalue weighted by Crippen LogP contribution is -2.26. The van der Waals surface area contributed by atoms with Gasteiger partial charge in [-0.15, -0.1) is 0 Å². The molecule has 0 radical (unpaired) electrons. The predicted octanol–water partition coefficient (Wildman–Crippen LogP) is 3.74. The van der Waals surface area contributed by atoms with Crippen LogP contribution in [0.15, 0.2) is 66.8 Å². The summed E-state index contributed by atoms with van der Waals surface area (Å²) in [5, 5.41) is 0. The zero-order chi connectivity index (χ0) is 16.7. The second-order valence-electron chi connectivity index (χ2n) is 6.14. The van der Waals surface area contributed by atoms with Crippen LogP contribution in [0.1, 0.15) is 27.9 Å². The van der Waals surface area contributed by atoms with Gasteiger partial charge in [-0.3, -0.25) is 9.59 Å². The first-order valence-electron chi connectivity index (χ1n) is 7.86. The highest BCUT2D eigenvalue weighted by Gasteiger charge is 2.45. The van der Waals surface area contributed by atoms with Crippen LogP contribution in [-0.4, -0.2) is 18.7 Å². The lowest BCUT2D eigenvalue weighted by Gasteiger charge is -2.32. The molecule has 0 aromatic heterocycles. The number of fused-ring (bicyclic) bond motifs is 2. The molecule has 0 saturated carbocycles. The van der Waals surface area contributed by atoms with Gasteiger partial charge in [0.1, 0.15) is 5.75 Å². The van der Waals surface area contributed by atoms with Gasteiger partial charge >= 0.3 is 0 Å². The van der Waals surface area contributed by atoms with Crippen LogP contribution in [0.4, 0.5) is 0 Å². The van der Waals surface area contributed by atoms with E-state index in [9.17, 15) is 9.59 Å². The highest BCUT2D eigenvalue weighted by atomic mass is 16.5. The largest absolute Gasteiger partial charge is 0.497 e. The molecule has 24 heavy (non-hydrogen) atoms. The maximum atomic E-state index is 12.5. The third-order valence-electron chi connectivity index (χ3n) is 4.85. The third-order valence-corrected chi connectivity index (χ3v) is 4.85. The summed E-state index contributed by atoms with van der Waals surface area (Å²) in [6.07, 6.45) is 5.46. The number of Topliss-reactive ketones (excluding diaryl/α,β-unsaturated/α-hetero) is 1. The van der Waals surface area contributed by atoms with Gasteiger partial charge in [-0.2, -0.15) is 0 Å². The van der Waals surface area contributed by atoms with Crippen molar-refractivity contribution in [2.75, 3.05) is 7.11 Å². The minimum absolute atomic E-state index is 0.0525. The number of carbonyl (C=O) groups is 2. The van der Waals surface area contributed by atoms with Crippen molar-refractivity contribution in [2.45, 2.75) is 11.8 Å². The fourth-order valence-electron chi connectivity index (χ4n) is 3.69. The number of hydrogen-bond donors (Lipinski definition) is 0. The standard InChI is InChI=1S/C21H16O3/c1-24-16-8-6-14(7-9-16)19-12-15(22)10-11-21(19)13-20(23)17-4-2-3-5-18(17)21/h2-12H,13H2,1H3. The van der Waals surface area contributed by atoms with Gasteiger partial charge in [-0.05, 0) is 41.0 Å². The normalized spacial score (nSPS) is 21.8. The Balaban J connectivity index is 1.91. The van der Waals surface area contributed by atoms with E-state index in [0.717, 1.165) is 28.0 Å². The first kappa shape index (κ1) is 14.6. The molecule has 3 nitrogen and oxygen atoms in total. The zero-order valence-electron chi connectivity index (χ0n) is 13.3. The number of carbonyl (C=O) groups excluding carboxylic acids is 2. The number of hydrogen-bond acceptors (Lipinski definition) is 3. The summed E-state index contributed by atoms with van der Waals surface area (Å²) in [4.78, 5) is 24.6. The average Bonchev–Trinajstić information content (AvgIpc) is 2.91. The van der Waals surface area contributed by atoms with E-state index in [1.165, 1.54) is 0 Å². The minimum atomic E-state index is -0.559. The van der Waals surface area contributed by atoms with Gasteiger partial charge in [0.25, 0.3) is 0 Å². The fraction of sp³-hybridized carbons (Fsp3) is 0.143. The smallest absolute Gasteiger partial charge is 0.178 e. The molecule has 1 spiro atoms. The van der Waals surface area contributed by atoms with Crippen molar-refractivity contribution in [3.63, 3.8) is 0 Å². The average molecular weight is 316 g/mol. The second kappa shape index (κ2) is 5.31. The molecule has 0 saturated heterocycles. The molecule has 0 heterocycles. The topological polar surface area (TPSA) is 43.4 Å². The van der Waals surface area contributed by atoms with Crippen LogP contribution in [0.3, 0.4) is 0 Å². The molecule has 118 valence electrons. The molecular formula is C21H16O3. The Labute approximate surface area is 140 Å². The van der Waals surface area contributed by atoms with E-state index >= 15 is 0 Å². The van der Waals surface area contributed by atoms with E-state index in [1.54, 1.807) is 19.3 Å². The van der Waals surface area contributed by atoms with Crippen molar-refractivity contribution in [1.82, 2.24) is 0 Å². The maximum Gasteiger partial charge on any atom is 0.178 e. The lowest BCUT2D eigenvalue weighted by atomic mass is 9.70. The Hall–Kier alpha value is -2.94. The monoisotopic (exact) mass is 316 g/mol. The summed E-state index contributed by atoms with van der Waals surface area (Å²) < 4.78 is 5.21. The molecule has 0 fully saturated rings. The van der Waals surface area contributed by atoms with Crippen molar-refractivity contribution in [3.05, 3.63) is 83.4 Å². The van der Waals surface area contributed by atoms with Gasteiger partial charge in [0.2, 0.25) is 0 Å². The summed E-state index contributed by atoms with van der Waals surface area (Å²) in [6, 6.07) is 15.3. The molecule has 0 bridgehead atoms. The number of methoxy groups -OCH3 is 1. The second-order valence-corrected chi connectivity index (χ2v) is 6.14. The molecule has 3 heteroatoms. The Morgan fingerprint density at radius 3 is 2.50 bits per heavy atom. The van der Waals surface area contributed by atoms with E-state index in [2.05, 4.69) is 0 Å². The van der Waals surface area contributed by atoms with Gasteiger partial charge < -0.3 is 4.74 Å². The van der Waals surface area contributed by atoms with Crippen molar-refractivity contribution in [1.29, 1.82) is 0 Å². The number of benzene rings is 2. The van der Waals surface area contributed by atoms with Gasteiger partial charge in [0.15, 0.2) is 11.6 Å². The molecular weight excluding hydrogens is 300 g/mol. The summed E-state index contributed by atoms with van der Waals surface area (Å²) in [7, 11) is 1.62. The Morgan fingerprint density at radius 1 is 1.00 bits per heavy atom. The van der Waals surface area contributed by atoms with E-state index in [4.69, 9.17) is 4.74 Å². The number of ketones is 2. The number of ether oxygens (including phenoxy) is 1. The molecule has 0 aliphatic heterocycles. The van der Waals surface area contributed by atoms with Gasteiger partial charge in [0.05, 0.1) is 7.11 Å². The van der Waals surface area contributed by atoms with Gasteiger partial charge in [-0.1, -0.05) is 42.5 Å². The Morgan fingerprint density at radius 2 is 1.75 bits per heavy atom. The van der Waals surface area contributed by atoms with Crippen LogP contribution >= 0.6 is 0 Å². The van der Waals surface area contributed by atoms with Crippen molar-refractivity contribution >= 4 is 17.1 Å². The van der Waals surface area contributed by atoms with Crippen LogP contribution < -0.4 is 4.74 Å². The molecule has 1 unspecified atom stereocenters. The summed E-state index contributed by atoms with van der Waals surface area (Å²) in [6.45, 7) is 0. The Kier molecular flexibility index (Phi) is 3.24. The van der Waals surface area contributed by atoms with E-state index in [0.29, 0.717) is 6.42 Å². The highest BCUT2D eigenvalue weighted by molar-refractivity contribution is 6.13. The summed E-state index contributed by atoms with van der Waals surface area (Å²) >= 11 is 0. The first-order chi connectivity index (χ1) is 11.6. The molecule has 2 aliphatic carbocycles. The maximum absolute atomic E-state index is 12.5. The van der Waals surface area contributed by atoms with Crippen molar-refractivity contribution < 1.29 is 14.3 Å². The predicted molar refractivity (Wildman–Crippen MR) is 92.2 cm³/mol. The van der Waals surface area contributed by atoms with Crippen LogP contribution in [0.25, 0.3) is 5.57 Å². The zero-order valence-corrected chi connectivity index (χ0v) is 13.3. The van der Waals surface area contributed by atoms with E-state index in [-0.39, 0.29) is 11.6 Å².